The number of hydrogen-bond donors (Lipinski definition) is 0. The zero-order valence-electron chi connectivity index (χ0n) is 12.1. The molecule has 0 aliphatic rings. The van der Waals surface area contributed by atoms with E-state index >= 15 is 0 Å². The fraction of sp³-hybridized carbons (Fsp3) is 0.235. The van der Waals surface area contributed by atoms with Crippen molar-refractivity contribution in [2.24, 2.45) is 0 Å². The largest absolute Gasteiger partial charge is 0.482 e. The molecule has 0 fully saturated rings. The van der Waals surface area contributed by atoms with Crippen LogP contribution in [0, 0.1) is 25.5 Å². The Morgan fingerprint density at radius 2 is 1.76 bits per heavy atom. The van der Waals surface area contributed by atoms with Crippen molar-refractivity contribution in [1.82, 2.24) is 0 Å². The number of Topliss-reactive ketones (excluding diaryl/α,β-unsaturated/α-hetero) is 1. The lowest BCUT2D eigenvalue weighted by atomic mass is 9.99. The molecule has 0 heterocycles. The highest BCUT2D eigenvalue weighted by Crippen LogP contribution is 2.19. The topological polar surface area (TPSA) is 26.3 Å². The summed E-state index contributed by atoms with van der Waals surface area (Å²) in [5.74, 6) is -2.02. The SMILES string of the molecule is Cc1ccc(C)c(C(=O)C(C)Oc2ccc(F)c(F)c2)c1. The molecule has 0 saturated carbocycles. The summed E-state index contributed by atoms with van der Waals surface area (Å²) < 4.78 is 31.4. The molecule has 1 atom stereocenters. The highest BCUT2D eigenvalue weighted by Gasteiger charge is 2.19. The average molecular weight is 290 g/mol. The van der Waals surface area contributed by atoms with Crippen LogP contribution in [0.4, 0.5) is 8.78 Å². The molecular formula is C17H16F2O2. The predicted molar refractivity (Wildman–Crippen MR) is 76.7 cm³/mol. The van der Waals surface area contributed by atoms with Crippen molar-refractivity contribution in [3.63, 3.8) is 0 Å². The first-order chi connectivity index (χ1) is 9.88. The van der Waals surface area contributed by atoms with Crippen LogP contribution in [0.25, 0.3) is 0 Å². The van der Waals surface area contributed by atoms with Crippen LogP contribution in [-0.4, -0.2) is 11.9 Å². The first-order valence-electron chi connectivity index (χ1n) is 6.61. The van der Waals surface area contributed by atoms with Crippen molar-refractivity contribution < 1.29 is 18.3 Å². The van der Waals surface area contributed by atoms with Crippen molar-refractivity contribution in [3.8, 4) is 5.75 Å². The van der Waals surface area contributed by atoms with E-state index in [9.17, 15) is 13.6 Å². The summed E-state index contributed by atoms with van der Waals surface area (Å²) in [6.07, 6.45) is -0.782. The van der Waals surface area contributed by atoms with Crippen molar-refractivity contribution in [2.45, 2.75) is 26.9 Å². The summed E-state index contributed by atoms with van der Waals surface area (Å²) in [7, 11) is 0. The molecule has 0 amide bonds. The van der Waals surface area contributed by atoms with Crippen LogP contribution in [0.15, 0.2) is 36.4 Å². The van der Waals surface area contributed by atoms with E-state index in [2.05, 4.69) is 0 Å². The number of ether oxygens (including phenoxy) is 1. The van der Waals surface area contributed by atoms with Crippen LogP contribution in [0.2, 0.25) is 0 Å². The number of benzene rings is 2. The zero-order valence-corrected chi connectivity index (χ0v) is 12.1. The van der Waals surface area contributed by atoms with Gasteiger partial charge in [-0.2, -0.15) is 0 Å². The average Bonchev–Trinajstić information content (AvgIpc) is 2.44. The fourth-order valence-corrected chi connectivity index (χ4v) is 2.03. The Bertz CT molecular complexity index is 680. The number of carbonyl (C=O) groups excluding carboxylic acids is 1. The fourth-order valence-electron chi connectivity index (χ4n) is 2.03. The molecule has 0 saturated heterocycles. The Hall–Kier alpha value is -2.23. The number of rotatable bonds is 4. The Kier molecular flexibility index (Phi) is 4.36. The lowest BCUT2D eigenvalue weighted by molar-refractivity contribution is 0.0816. The zero-order chi connectivity index (χ0) is 15.6. The van der Waals surface area contributed by atoms with Crippen LogP contribution >= 0.6 is 0 Å². The Labute approximate surface area is 122 Å². The third-order valence-corrected chi connectivity index (χ3v) is 3.23. The van der Waals surface area contributed by atoms with Gasteiger partial charge in [0, 0.05) is 11.6 Å². The molecule has 2 aromatic carbocycles. The molecule has 0 aliphatic heterocycles. The lowest BCUT2D eigenvalue weighted by Gasteiger charge is -2.15. The van der Waals surface area contributed by atoms with Gasteiger partial charge in [0.2, 0.25) is 5.78 Å². The predicted octanol–water partition coefficient (Wildman–Crippen LogP) is 4.23. The van der Waals surface area contributed by atoms with Crippen molar-refractivity contribution in [1.29, 1.82) is 0 Å². The Morgan fingerprint density at radius 3 is 2.43 bits per heavy atom. The molecular weight excluding hydrogens is 274 g/mol. The molecule has 0 spiro atoms. The number of hydrogen-bond acceptors (Lipinski definition) is 2. The molecule has 0 aromatic heterocycles. The molecule has 21 heavy (non-hydrogen) atoms. The molecule has 2 nitrogen and oxygen atoms in total. The smallest absolute Gasteiger partial charge is 0.203 e. The second kappa shape index (κ2) is 6.04. The van der Waals surface area contributed by atoms with Crippen LogP contribution in [-0.2, 0) is 0 Å². The van der Waals surface area contributed by atoms with Gasteiger partial charge < -0.3 is 4.74 Å². The summed E-state index contributed by atoms with van der Waals surface area (Å²) in [5.41, 5.74) is 2.40. The van der Waals surface area contributed by atoms with Crippen LogP contribution < -0.4 is 4.74 Å². The number of ketones is 1. The van der Waals surface area contributed by atoms with E-state index in [1.807, 2.05) is 26.0 Å². The second-order valence-electron chi connectivity index (χ2n) is 5.02. The normalized spacial score (nSPS) is 12.0. The summed E-state index contributed by atoms with van der Waals surface area (Å²) in [4.78, 5) is 12.4. The molecule has 4 heteroatoms. The standard InChI is InChI=1S/C17H16F2O2/c1-10-4-5-11(2)14(8-10)17(20)12(3)21-13-6-7-15(18)16(19)9-13/h4-9,12H,1-3H3. The Balaban J connectivity index is 2.19. The molecule has 0 N–H and O–H groups in total. The first kappa shape index (κ1) is 15.2. The van der Waals surface area contributed by atoms with Gasteiger partial charge >= 0.3 is 0 Å². The van der Waals surface area contributed by atoms with Crippen molar-refractivity contribution in [2.75, 3.05) is 0 Å². The highest BCUT2D eigenvalue weighted by molar-refractivity contribution is 6.00. The van der Waals surface area contributed by atoms with Gasteiger partial charge in [-0.25, -0.2) is 8.78 Å². The van der Waals surface area contributed by atoms with Gasteiger partial charge in [-0.15, -0.1) is 0 Å². The first-order valence-corrected chi connectivity index (χ1v) is 6.61. The molecule has 2 aromatic rings. The molecule has 0 bridgehead atoms. The minimum atomic E-state index is -1.00. The minimum Gasteiger partial charge on any atom is -0.482 e. The van der Waals surface area contributed by atoms with E-state index in [0.717, 1.165) is 23.3 Å². The summed E-state index contributed by atoms with van der Waals surface area (Å²) in [5, 5.41) is 0. The van der Waals surface area contributed by atoms with E-state index in [1.165, 1.54) is 6.07 Å². The Morgan fingerprint density at radius 1 is 1.05 bits per heavy atom. The third kappa shape index (κ3) is 3.45. The quantitative estimate of drug-likeness (QED) is 0.788. The summed E-state index contributed by atoms with van der Waals surface area (Å²) in [6.45, 7) is 5.33. The summed E-state index contributed by atoms with van der Waals surface area (Å²) in [6, 6.07) is 8.79. The van der Waals surface area contributed by atoms with Gasteiger partial charge in [0.05, 0.1) is 0 Å². The van der Waals surface area contributed by atoms with Gasteiger partial charge in [-0.05, 0) is 44.5 Å². The minimum absolute atomic E-state index is 0.125. The highest BCUT2D eigenvalue weighted by atomic mass is 19.2. The summed E-state index contributed by atoms with van der Waals surface area (Å²) >= 11 is 0. The molecule has 110 valence electrons. The van der Waals surface area contributed by atoms with Crippen molar-refractivity contribution >= 4 is 5.78 Å². The molecule has 0 aliphatic carbocycles. The number of halogens is 2. The van der Waals surface area contributed by atoms with Gasteiger partial charge in [-0.3, -0.25) is 4.79 Å². The van der Waals surface area contributed by atoms with Gasteiger partial charge in [-0.1, -0.05) is 17.7 Å². The number of carbonyl (C=O) groups is 1. The van der Waals surface area contributed by atoms with Crippen molar-refractivity contribution in [3.05, 3.63) is 64.7 Å². The van der Waals surface area contributed by atoms with E-state index in [1.54, 1.807) is 13.0 Å². The number of aryl methyl sites for hydroxylation is 2. The van der Waals surface area contributed by atoms with Gasteiger partial charge in [0.15, 0.2) is 17.7 Å². The van der Waals surface area contributed by atoms with E-state index < -0.39 is 17.7 Å². The van der Waals surface area contributed by atoms with Gasteiger partial charge in [0.1, 0.15) is 5.75 Å². The third-order valence-electron chi connectivity index (χ3n) is 3.23. The van der Waals surface area contributed by atoms with E-state index in [-0.39, 0.29) is 11.5 Å². The lowest BCUT2D eigenvalue weighted by Crippen LogP contribution is -2.24. The maximum atomic E-state index is 13.1. The van der Waals surface area contributed by atoms with E-state index in [0.29, 0.717) is 5.56 Å². The maximum Gasteiger partial charge on any atom is 0.203 e. The molecule has 1 unspecified atom stereocenters. The van der Waals surface area contributed by atoms with Crippen LogP contribution in [0.1, 0.15) is 28.4 Å². The molecule has 2 rings (SSSR count). The monoisotopic (exact) mass is 290 g/mol. The van der Waals surface area contributed by atoms with Gasteiger partial charge in [0.25, 0.3) is 0 Å². The van der Waals surface area contributed by atoms with E-state index in [4.69, 9.17) is 4.74 Å². The van der Waals surface area contributed by atoms with Crippen LogP contribution in [0.5, 0.6) is 5.75 Å². The molecule has 0 radical (unpaired) electrons. The second-order valence-corrected chi connectivity index (χ2v) is 5.02. The van der Waals surface area contributed by atoms with Crippen LogP contribution in [0.3, 0.4) is 0 Å². The maximum absolute atomic E-state index is 13.1.